The van der Waals surface area contributed by atoms with Gasteiger partial charge in [0, 0.05) is 5.56 Å². The van der Waals surface area contributed by atoms with Gasteiger partial charge in [-0.15, -0.1) is 13.2 Å². The normalized spacial score (nSPS) is 11.8. The molecule has 0 unspecified atom stereocenters. The maximum atomic E-state index is 12.7. The van der Waals surface area contributed by atoms with Gasteiger partial charge < -0.3 is 9.47 Å². The number of carbonyl (C=O) groups excluding carboxylic acids is 1. The molecule has 0 spiro atoms. The molecule has 0 atom stereocenters. The Bertz CT molecular complexity index is 1030. The van der Waals surface area contributed by atoms with E-state index in [9.17, 15) is 18.0 Å². The molecular weight excluding hydrogens is 393 g/mol. The first kappa shape index (κ1) is 21.4. The van der Waals surface area contributed by atoms with Gasteiger partial charge in [0.1, 0.15) is 17.2 Å². The predicted octanol–water partition coefficient (Wildman–Crippen LogP) is 7.15. The maximum absolute atomic E-state index is 12.7. The van der Waals surface area contributed by atoms with E-state index in [1.165, 1.54) is 30.3 Å². The van der Waals surface area contributed by atoms with Crippen molar-refractivity contribution in [3.8, 4) is 28.4 Å². The smallest absolute Gasteiger partial charge is 0.457 e. The molecule has 0 amide bonds. The monoisotopic (exact) mass is 414 g/mol. The molecule has 0 heterocycles. The molecule has 0 aromatic heterocycles. The lowest BCUT2D eigenvalue weighted by Gasteiger charge is -2.19. The summed E-state index contributed by atoms with van der Waals surface area (Å²) in [6, 6.07) is 17.9. The highest BCUT2D eigenvalue weighted by Gasteiger charge is 2.32. The standard InChI is InChI=1S/C24H21F3O3/c1-23(2,3)18-10-12-19(13-11-18)29-22-14-16(8-9-17(22)15-28)20-6-4-5-7-21(20)30-24(25,26)27/h4-15H,1-3H3. The number of rotatable bonds is 5. The number of halogens is 3. The first-order valence-corrected chi connectivity index (χ1v) is 9.29. The van der Waals surface area contributed by atoms with Gasteiger partial charge in [0.05, 0.1) is 5.56 Å². The van der Waals surface area contributed by atoms with Crippen LogP contribution in [-0.4, -0.2) is 12.6 Å². The second-order valence-corrected chi connectivity index (χ2v) is 7.79. The third-order valence-electron chi connectivity index (χ3n) is 4.51. The third kappa shape index (κ3) is 5.20. The highest BCUT2D eigenvalue weighted by Crippen LogP contribution is 2.37. The van der Waals surface area contributed by atoms with Crippen molar-refractivity contribution in [3.05, 3.63) is 77.9 Å². The van der Waals surface area contributed by atoms with Crippen LogP contribution in [0.1, 0.15) is 36.7 Å². The molecule has 6 heteroatoms. The van der Waals surface area contributed by atoms with E-state index in [1.54, 1.807) is 24.3 Å². The summed E-state index contributed by atoms with van der Waals surface area (Å²) in [6.45, 7) is 6.28. The molecule has 0 bridgehead atoms. The number of benzene rings is 3. The van der Waals surface area contributed by atoms with Gasteiger partial charge in [0.25, 0.3) is 0 Å². The highest BCUT2D eigenvalue weighted by molar-refractivity contribution is 5.83. The van der Waals surface area contributed by atoms with E-state index in [0.29, 0.717) is 17.6 Å². The van der Waals surface area contributed by atoms with E-state index >= 15 is 0 Å². The minimum absolute atomic E-state index is 0.0192. The molecule has 0 fully saturated rings. The van der Waals surface area contributed by atoms with Gasteiger partial charge >= 0.3 is 6.36 Å². The largest absolute Gasteiger partial charge is 0.573 e. The first-order valence-electron chi connectivity index (χ1n) is 9.29. The van der Waals surface area contributed by atoms with Gasteiger partial charge in [-0.2, -0.15) is 0 Å². The Kier molecular flexibility index (Phi) is 5.87. The number of carbonyl (C=O) groups is 1. The zero-order chi connectivity index (χ0) is 21.9. The molecule has 3 rings (SSSR count). The minimum atomic E-state index is -4.81. The van der Waals surface area contributed by atoms with Gasteiger partial charge in [0.2, 0.25) is 0 Å². The Morgan fingerprint density at radius 3 is 2.10 bits per heavy atom. The van der Waals surface area contributed by atoms with E-state index in [-0.39, 0.29) is 28.0 Å². The van der Waals surface area contributed by atoms with E-state index in [0.717, 1.165) is 5.56 Å². The summed E-state index contributed by atoms with van der Waals surface area (Å²) in [6.07, 6.45) is -4.17. The van der Waals surface area contributed by atoms with Crippen molar-refractivity contribution in [2.24, 2.45) is 0 Å². The van der Waals surface area contributed by atoms with Crippen LogP contribution >= 0.6 is 0 Å². The van der Waals surface area contributed by atoms with Crippen LogP contribution in [0.5, 0.6) is 17.2 Å². The third-order valence-corrected chi connectivity index (χ3v) is 4.51. The van der Waals surface area contributed by atoms with Crippen LogP contribution in [-0.2, 0) is 5.41 Å². The van der Waals surface area contributed by atoms with Crippen molar-refractivity contribution in [1.82, 2.24) is 0 Å². The number of ether oxygens (including phenoxy) is 2. The lowest BCUT2D eigenvalue weighted by molar-refractivity contribution is -0.274. The molecule has 0 N–H and O–H groups in total. The molecular formula is C24H21F3O3. The van der Waals surface area contributed by atoms with Gasteiger partial charge in [-0.3, -0.25) is 4.79 Å². The van der Waals surface area contributed by atoms with E-state index in [1.807, 2.05) is 12.1 Å². The molecule has 0 radical (unpaired) electrons. The molecule has 3 aromatic rings. The molecule has 3 nitrogen and oxygen atoms in total. The Hall–Kier alpha value is -3.28. The van der Waals surface area contributed by atoms with Gasteiger partial charge in [-0.05, 0) is 46.9 Å². The van der Waals surface area contributed by atoms with Crippen LogP contribution in [0, 0.1) is 0 Å². The number of hydrogen-bond donors (Lipinski definition) is 0. The molecule has 156 valence electrons. The zero-order valence-corrected chi connectivity index (χ0v) is 16.8. The molecule has 0 aliphatic heterocycles. The summed E-state index contributed by atoms with van der Waals surface area (Å²) in [5, 5.41) is 0. The number of para-hydroxylation sites is 1. The van der Waals surface area contributed by atoms with Crippen LogP contribution in [0.15, 0.2) is 66.7 Å². The second kappa shape index (κ2) is 8.22. The van der Waals surface area contributed by atoms with Crippen molar-refractivity contribution in [1.29, 1.82) is 0 Å². The fourth-order valence-electron chi connectivity index (χ4n) is 2.96. The van der Waals surface area contributed by atoms with E-state index in [4.69, 9.17) is 4.74 Å². The van der Waals surface area contributed by atoms with Gasteiger partial charge in [-0.1, -0.05) is 57.2 Å². The summed E-state index contributed by atoms with van der Waals surface area (Å²) in [5.74, 6) is 0.431. The maximum Gasteiger partial charge on any atom is 0.573 e. The second-order valence-electron chi connectivity index (χ2n) is 7.79. The minimum Gasteiger partial charge on any atom is -0.457 e. The molecule has 0 saturated carbocycles. The van der Waals surface area contributed by atoms with Crippen LogP contribution in [0.2, 0.25) is 0 Å². The molecule has 0 aliphatic rings. The van der Waals surface area contributed by atoms with Crippen LogP contribution in [0.3, 0.4) is 0 Å². The number of hydrogen-bond acceptors (Lipinski definition) is 3. The van der Waals surface area contributed by atoms with Crippen LogP contribution in [0.25, 0.3) is 11.1 Å². The fourth-order valence-corrected chi connectivity index (χ4v) is 2.96. The highest BCUT2D eigenvalue weighted by atomic mass is 19.4. The van der Waals surface area contributed by atoms with Crippen LogP contribution in [0.4, 0.5) is 13.2 Å². The quantitative estimate of drug-likeness (QED) is 0.416. The Balaban J connectivity index is 1.97. The van der Waals surface area contributed by atoms with Crippen molar-refractivity contribution in [3.63, 3.8) is 0 Å². The van der Waals surface area contributed by atoms with E-state index in [2.05, 4.69) is 25.5 Å². The van der Waals surface area contributed by atoms with Crippen LogP contribution < -0.4 is 9.47 Å². The summed E-state index contributed by atoms with van der Waals surface area (Å²) in [7, 11) is 0. The Morgan fingerprint density at radius 1 is 0.833 bits per heavy atom. The lowest BCUT2D eigenvalue weighted by Crippen LogP contribution is -2.17. The molecule has 30 heavy (non-hydrogen) atoms. The zero-order valence-electron chi connectivity index (χ0n) is 16.8. The van der Waals surface area contributed by atoms with Crippen molar-refractivity contribution in [2.45, 2.75) is 32.5 Å². The summed E-state index contributed by atoms with van der Waals surface area (Å²) in [4.78, 5) is 11.5. The SMILES string of the molecule is CC(C)(C)c1ccc(Oc2cc(-c3ccccc3OC(F)(F)F)ccc2C=O)cc1. The fraction of sp³-hybridized carbons (Fsp3) is 0.208. The molecule has 0 saturated heterocycles. The number of aldehydes is 1. The van der Waals surface area contributed by atoms with Crippen molar-refractivity contribution < 1.29 is 27.4 Å². The van der Waals surface area contributed by atoms with Crippen molar-refractivity contribution in [2.75, 3.05) is 0 Å². The average molecular weight is 414 g/mol. The Morgan fingerprint density at radius 2 is 1.50 bits per heavy atom. The Labute approximate surface area is 173 Å². The van der Waals surface area contributed by atoms with E-state index < -0.39 is 6.36 Å². The molecule has 3 aromatic carbocycles. The summed E-state index contributed by atoms with van der Waals surface area (Å²) in [5.41, 5.74) is 2.06. The predicted molar refractivity (Wildman–Crippen MR) is 109 cm³/mol. The van der Waals surface area contributed by atoms with Gasteiger partial charge in [-0.25, -0.2) is 0 Å². The molecule has 0 aliphatic carbocycles. The average Bonchev–Trinajstić information content (AvgIpc) is 2.67. The first-order chi connectivity index (χ1) is 14.1. The van der Waals surface area contributed by atoms with Gasteiger partial charge in [0.15, 0.2) is 6.29 Å². The topological polar surface area (TPSA) is 35.5 Å². The lowest BCUT2D eigenvalue weighted by atomic mass is 9.87. The summed E-state index contributed by atoms with van der Waals surface area (Å²) >= 11 is 0. The number of alkyl halides is 3. The van der Waals surface area contributed by atoms with Crippen molar-refractivity contribution >= 4 is 6.29 Å². The summed E-state index contributed by atoms with van der Waals surface area (Å²) < 4.78 is 48.3.